The molecule has 1 aromatic heterocycles. The minimum absolute atomic E-state index is 0.0851. The molecule has 5 rings (SSSR count). The number of benzene rings is 2. The first-order chi connectivity index (χ1) is 15.1. The monoisotopic (exact) mass is 421 g/mol. The number of para-hydroxylation sites is 1. The molecule has 0 bridgehead atoms. The number of H-pyrrole nitrogens is 1. The van der Waals surface area contributed by atoms with Crippen molar-refractivity contribution < 1.29 is 9.84 Å². The third-order valence-electron chi connectivity index (χ3n) is 6.66. The quantitative estimate of drug-likeness (QED) is 0.520. The number of ether oxygens (including phenoxy) is 1. The zero-order chi connectivity index (χ0) is 21.4. The first-order valence-electron chi connectivity index (χ1n) is 11.5. The SMILES string of the molecule is C[C@H](CCc1ccc(OCC2CC2)cc1)N[C@@H]1CCn2c(=O)[nH]c3cccc(c32)[C@H]1O. The third-order valence-corrected chi connectivity index (χ3v) is 6.66. The van der Waals surface area contributed by atoms with E-state index < -0.39 is 6.10 Å². The van der Waals surface area contributed by atoms with Gasteiger partial charge in [0.05, 0.1) is 23.7 Å². The molecular formula is C25H31N3O3. The zero-order valence-electron chi connectivity index (χ0n) is 18.0. The summed E-state index contributed by atoms with van der Waals surface area (Å²) >= 11 is 0. The highest BCUT2D eigenvalue weighted by atomic mass is 16.5. The van der Waals surface area contributed by atoms with Crippen LogP contribution in [0.3, 0.4) is 0 Å². The molecule has 1 saturated carbocycles. The molecule has 2 aromatic carbocycles. The Morgan fingerprint density at radius 2 is 2.00 bits per heavy atom. The lowest BCUT2D eigenvalue weighted by Crippen LogP contribution is -2.41. The van der Waals surface area contributed by atoms with E-state index in [2.05, 4.69) is 41.5 Å². The van der Waals surface area contributed by atoms with E-state index in [-0.39, 0.29) is 17.8 Å². The summed E-state index contributed by atoms with van der Waals surface area (Å²) in [5.74, 6) is 1.72. The molecule has 31 heavy (non-hydrogen) atoms. The number of hydrogen-bond donors (Lipinski definition) is 3. The number of nitrogens with one attached hydrogen (secondary N) is 2. The maximum Gasteiger partial charge on any atom is 0.326 e. The Morgan fingerprint density at radius 3 is 2.77 bits per heavy atom. The summed E-state index contributed by atoms with van der Waals surface area (Å²) in [5.41, 5.74) is 3.63. The van der Waals surface area contributed by atoms with Crippen LogP contribution in [0.5, 0.6) is 5.75 Å². The number of aliphatic hydroxyl groups excluding tert-OH is 1. The summed E-state index contributed by atoms with van der Waals surface area (Å²) in [6.45, 7) is 3.60. The van der Waals surface area contributed by atoms with E-state index in [0.29, 0.717) is 13.0 Å². The van der Waals surface area contributed by atoms with Crippen molar-refractivity contribution in [1.29, 1.82) is 0 Å². The van der Waals surface area contributed by atoms with Gasteiger partial charge < -0.3 is 20.1 Å². The Balaban J connectivity index is 1.18. The highest BCUT2D eigenvalue weighted by molar-refractivity contribution is 5.79. The lowest BCUT2D eigenvalue weighted by Gasteiger charge is -2.26. The predicted molar refractivity (Wildman–Crippen MR) is 122 cm³/mol. The fourth-order valence-electron chi connectivity index (χ4n) is 4.60. The van der Waals surface area contributed by atoms with E-state index in [4.69, 9.17) is 4.74 Å². The van der Waals surface area contributed by atoms with Crippen molar-refractivity contribution in [3.05, 3.63) is 64.1 Å². The van der Waals surface area contributed by atoms with Gasteiger partial charge in [0, 0.05) is 24.2 Å². The van der Waals surface area contributed by atoms with Gasteiger partial charge in [-0.1, -0.05) is 24.3 Å². The molecule has 164 valence electrons. The molecule has 0 saturated heterocycles. The topological polar surface area (TPSA) is 79.3 Å². The Labute approximate surface area is 182 Å². The smallest absolute Gasteiger partial charge is 0.326 e. The molecule has 2 heterocycles. The van der Waals surface area contributed by atoms with E-state index >= 15 is 0 Å². The first kappa shape index (κ1) is 20.3. The van der Waals surface area contributed by atoms with Crippen LogP contribution in [0.2, 0.25) is 0 Å². The Bertz CT molecular complexity index is 1100. The Hall–Kier alpha value is -2.57. The summed E-state index contributed by atoms with van der Waals surface area (Å²) in [6.07, 6.45) is 4.61. The Morgan fingerprint density at radius 1 is 1.19 bits per heavy atom. The Kier molecular flexibility index (Phi) is 5.59. The number of aliphatic hydroxyl groups is 1. The lowest BCUT2D eigenvalue weighted by molar-refractivity contribution is 0.119. The molecule has 0 spiro atoms. The van der Waals surface area contributed by atoms with E-state index in [1.165, 1.54) is 18.4 Å². The molecule has 6 heteroatoms. The normalized spacial score (nSPS) is 21.7. The van der Waals surface area contributed by atoms with Crippen LogP contribution in [-0.2, 0) is 13.0 Å². The van der Waals surface area contributed by atoms with Gasteiger partial charge in [-0.2, -0.15) is 0 Å². The molecule has 3 N–H and O–H groups in total. The summed E-state index contributed by atoms with van der Waals surface area (Å²) in [4.78, 5) is 15.2. The van der Waals surface area contributed by atoms with Crippen LogP contribution >= 0.6 is 0 Å². The molecule has 0 unspecified atom stereocenters. The second kappa shape index (κ2) is 8.52. The number of nitrogens with zero attached hydrogens (tertiary/aromatic N) is 1. The summed E-state index contributed by atoms with van der Waals surface area (Å²) in [5, 5.41) is 14.7. The summed E-state index contributed by atoms with van der Waals surface area (Å²) < 4.78 is 7.58. The number of aromatic nitrogens is 2. The van der Waals surface area contributed by atoms with Crippen LogP contribution in [0.1, 0.15) is 49.8 Å². The molecule has 1 aliphatic carbocycles. The highest BCUT2D eigenvalue weighted by Gasteiger charge is 2.29. The lowest BCUT2D eigenvalue weighted by atomic mass is 9.98. The molecule has 3 atom stereocenters. The van der Waals surface area contributed by atoms with Crippen molar-refractivity contribution in [3.8, 4) is 5.75 Å². The van der Waals surface area contributed by atoms with Crippen LogP contribution < -0.4 is 15.7 Å². The van der Waals surface area contributed by atoms with Gasteiger partial charge in [0.1, 0.15) is 5.75 Å². The second-order valence-electron chi connectivity index (χ2n) is 9.17. The maximum absolute atomic E-state index is 12.3. The third kappa shape index (κ3) is 4.41. The number of aromatic amines is 1. The molecular weight excluding hydrogens is 390 g/mol. The van der Waals surface area contributed by atoms with Crippen LogP contribution in [0.15, 0.2) is 47.3 Å². The van der Waals surface area contributed by atoms with Gasteiger partial charge in [0.25, 0.3) is 0 Å². The van der Waals surface area contributed by atoms with Crippen molar-refractivity contribution in [2.24, 2.45) is 5.92 Å². The summed E-state index contributed by atoms with van der Waals surface area (Å²) in [6, 6.07) is 14.3. The second-order valence-corrected chi connectivity index (χ2v) is 9.17. The minimum atomic E-state index is -0.641. The molecule has 2 aliphatic rings. The van der Waals surface area contributed by atoms with Crippen LogP contribution in [0.25, 0.3) is 11.0 Å². The van der Waals surface area contributed by atoms with Gasteiger partial charge in [0.15, 0.2) is 0 Å². The fraction of sp³-hybridized carbons (Fsp3) is 0.480. The fourth-order valence-corrected chi connectivity index (χ4v) is 4.60. The van der Waals surface area contributed by atoms with Crippen molar-refractivity contribution in [2.75, 3.05) is 6.61 Å². The van der Waals surface area contributed by atoms with E-state index in [0.717, 1.165) is 47.7 Å². The van der Waals surface area contributed by atoms with E-state index in [1.54, 1.807) is 4.57 Å². The molecule has 1 fully saturated rings. The number of rotatable bonds is 8. The molecule has 0 radical (unpaired) electrons. The molecule has 1 aliphatic heterocycles. The number of hydrogen-bond acceptors (Lipinski definition) is 4. The van der Waals surface area contributed by atoms with Gasteiger partial charge in [-0.15, -0.1) is 0 Å². The van der Waals surface area contributed by atoms with Gasteiger partial charge in [-0.25, -0.2) is 4.79 Å². The van der Waals surface area contributed by atoms with Crippen LogP contribution in [-0.4, -0.2) is 33.3 Å². The summed E-state index contributed by atoms with van der Waals surface area (Å²) in [7, 11) is 0. The van der Waals surface area contributed by atoms with Gasteiger partial charge in [-0.05, 0) is 68.7 Å². The number of imidazole rings is 1. The van der Waals surface area contributed by atoms with Crippen LogP contribution in [0, 0.1) is 5.92 Å². The predicted octanol–water partition coefficient (Wildman–Crippen LogP) is 3.54. The molecule has 3 aromatic rings. The maximum atomic E-state index is 12.3. The zero-order valence-corrected chi connectivity index (χ0v) is 18.0. The average Bonchev–Trinajstić information content (AvgIpc) is 3.56. The van der Waals surface area contributed by atoms with E-state index in [9.17, 15) is 9.90 Å². The average molecular weight is 422 g/mol. The van der Waals surface area contributed by atoms with Gasteiger partial charge in [0.2, 0.25) is 0 Å². The standard InChI is InChI=1S/C25H31N3O3/c1-16(5-6-17-9-11-19(12-10-17)31-15-18-7-8-18)26-22-13-14-28-23-20(24(22)29)3-2-4-21(23)27-25(28)30/h2-4,9-12,16,18,22,24,26,29H,5-8,13-15H2,1H3,(H,27,30)/t16-,22-,24-/m1/s1. The highest BCUT2D eigenvalue weighted by Crippen LogP contribution is 2.31. The van der Waals surface area contributed by atoms with Gasteiger partial charge in [-0.3, -0.25) is 4.57 Å². The van der Waals surface area contributed by atoms with Crippen molar-refractivity contribution in [2.45, 2.75) is 63.8 Å². The van der Waals surface area contributed by atoms with Gasteiger partial charge >= 0.3 is 5.69 Å². The van der Waals surface area contributed by atoms with Crippen LogP contribution in [0.4, 0.5) is 0 Å². The van der Waals surface area contributed by atoms with Crippen molar-refractivity contribution in [1.82, 2.24) is 14.9 Å². The van der Waals surface area contributed by atoms with Crippen molar-refractivity contribution >= 4 is 11.0 Å². The largest absolute Gasteiger partial charge is 0.493 e. The minimum Gasteiger partial charge on any atom is -0.493 e. The molecule has 0 amide bonds. The molecule has 6 nitrogen and oxygen atoms in total. The first-order valence-corrected chi connectivity index (χ1v) is 11.5. The van der Waals surface area contributed by atoms with Crippen molar-refractivity contribution in [3.63, 3.8) is 0 Å². The van der Waals surface area contributed by atoms with E-state index in [1.807, 2.05) is 18.2 Å². The number of aryl methyl sites for hydroxylation is 2.